The number of hydrogen-bond acceptors (Lipinski definition) is 3. The van der Waals surface area contributed by atoms with Crippen molar-refractivity contribution in [2.75, 3.05) is 5.75 Å². The summed E-state index contributed by atoms with van der Waals surface area (Å²) in [4.78, 5) is 9.75. The molecule has 1 N–H and O–H groups in total. The zero-order valence-corrected chi connectivity index (χ0v) is 5.52. The number of hydrogen-bond donors (Lipinski definition) is 1. The molecule has 0 bridgehead atoms. The van der Waals surface area contributed by atoms with Crippen molar-refractivity contribution < 1.29 is 18.3 Å². The molecule has 53 valence electrons. The third-order valence-electron chi connectivity index (χ3n) is 0.627. The summed E-state index contributed by atoms with van der Waals surface area (Å²) >= 11 is 0. The lowest BCUT2D eigenvalue weighted by Gasteiger charge is -1.90. The van der Waals surface area contributed by atoms with Crippen LogP contribution in [0, 0.1) is 6.26 Å². The molecule has 1 radical (unpaired) electrons. The molecule has 0 aromatic carbocycles. The first-order valence-electron chi connectivity index (χ1n) is 2.19. The molecular weight excluding hydrogens is 144 g/mol. The monoisotopic (exact) mass is 151 g/mol. The molecule has 0 saturated carbocycles. The number of carboxylic acid groups (broad SMARTS) is 1. The van der Waals surface area contributed by atoms with E-state index in [0.29, 0.717) is 0 Å². The zero-order valence-electron chi connectivity index (χ0n) is 4.70. The highest BCUT2D eigenvalue weighted by Crippen LogP contribution is 1.89. The lowest BCUT2D eigenvalue weighted by atomic mass is 10.5. The minimum Gasteiger partial charge on any atom is -0.481 e. The van der Waals surface area contributed by atoms with Gasteiger partial charge in [-0.25, -0.2) is 8.42 Å². The Kier molecular flexibility index (Phi) is 2.64. The van der Waals surface area contributed by atoms with Crippen LogP contribution in [0.25, 0.3) is 0 Å². The molecule has 0 aliphatic carbocycles. The maximum Gasteiger partial charge on any atom is 0.304 e. The van der Waals surface area contributed by atoms with Crippen LogP contribution in [-0.2, 0) is 14.6 Å². The Morgan fingerprint density at radius 2 is 2.00 bits per heavy atom. The molecule has 9 heavy (non-hydrogen) atoms. The topological polar surface area (TPSA) is 71.4 Å². The molecule has 0 aliphatic rings. The lowest BCUT2D eigenvalue weighted by Crippen LogP contribution is -2.06. The summed E-state index contributed by atoms with van der Waals surface area (Å²) in [6.45, 7) is 0. The number of aliphatic carboxylic acids is 1. The van der Waals surface area contributed by atoms with Crippen LogP contribution in [0.5, 0.6) is 0 Å². The van der Waals surface area contributed by atoms with Crippen molar-refractivity contribution in [1.29, 1.82) is 0 Å². The Balaban J connectivity index is 3.67. The highest BCUT2D eigenvalue weighted by atomic mass is 32.2. The van der Waals surface area contributed by atoms with Crippen LogP contribution in [0.3, 0.4) is 0 Å². The highest BCUT2D eigenvalue weighted by Gasteiger charge is 2.04. The van der Waals surface area contributed by atoms with Crippen molar-refractivity contribution in [3.8, 4) is 0 Å². The van der Waals surface area contributed by atoms with Gasteiger partial charge in [-0.05, 0) is 0 Å². The van der Waals surface area contributed by atoms with Crippen molar-refractivity contribution in [1.82, 2.24) is 0 Å². The van der Waals surface area contributed by atoms with Crippen molar-refractivity contribution in [2.45, 2.75) is 6.42 Å². The molecule has 0 fully saturated rings. The van der Waals surface area contributed by atoms with E-state index in [2.05, 4.69) is 6.26 Å². The van der Waals surface area contributed by atoms with Gasteiger partial charge < -0.3 is 5.11 Å². The molecule has 0 aliphatic heterocycles. The standard InChI is InChI=1S/C4H7O4S/c1-9(7,8)3-2-4(5)6/h1-3H2,(H,5,6). The normalized spacial score (nSPS) is 11.2. The second kappa shape index (κ2) is 2.82. The van der Waals surface area contributed by atoms with E-state index in [0.717, 1.165) is 0 Å². The lowest BCUT2D eigenvalue weighted by molar-refractivity contribution is -0.136. The summed E-state index contributed by atoms with van der Waals surface area (Å²) in [7, 11) is -3.35. The molecule has 0 atom stereocenters. The van der Waals surface area contributed by atoms with Crippen LogP contribution < -0.4 is 0 Å². The van der Waals surface area contributed by atoms with Crippen molar-refractivity contribution in [3.05, 3.63) is 6.26 Å². The van der Waals surface area contributed by atoms with Crippen molar-refractivity contribution in [2.24, 2.45) is 0 Å². The van der Waals surface area contributed by atoms with E-state index in [1.165, 1.54) is 0 Å². The van der Waals surface area contributed by atoms with Gasteiger partial charge in [-0.2, -0.15) is 0 Å². The summed E-state index contributed by atoms with van der Waals surface area (Å²) < 4.78 is 20.3. The molecular formula is C4H7O4S. The number of carbonyl (C=O) groups is 1. The molecule has 5 heteroatoms. The van der Waals surface area contributed by atoms with Gasteiger partial charge in [-0.3, -0.25) is 4.79 Å². The summed E-state index contributed by atoms with van der Waals surface area (Å²) in [5.41, 5.74) is 0. The van der Waals surface area contributed by atoms with Crippen LogP contribution >= 0.6 is 0 Å². The predicted molar refractivity (Wildman–Crippen MR) is 31.4 cm³/mol. The predicted octanol–water partition coefficient (Wildman–Crippen LogP) is -0.333. The smallest absolute Gasteiger partial charge is 0.304 e. The zero-order chi connectivity index (χ0) is 7.49. The average molecular weight is 151 g/mol. The molecule has 0 unspecified atom stereocenters. The number of sulfone groups is 1. The fourth-order valence-electron chi connectivity index (χ4n) is 0.243. The van der Waals surface area contributed by atoms with Crippen LogP contribution in [0.15, 0.2) is 0 Å². The quantitative estimate of drug-likeness (QED) is 0.599. The van der Waals surface area contributed by atoms with Gasteiger partial charge in [0.05, 0.1) is 18.4 Å². The molecule has 0 aromatic rings. The second-order valence-electron chi connectivity index (χ2n) is 1.59. The Labute approximate surface area is 53.4 Å². The molecule has 4 nitrogen and oxygen atoms in total. The van der Waals surface area contributed by atoms with Crippen LogP contribution in [0.4, 0.5) is 0 Å². The Morgan fingerprint density at radius 3 is 2.11 bits per heavy atom. The van der Waals surface area contributed by atoms with Gasteiger partial charge in [0.25, 0.3) is 0 Å². The van der Waals surface area contributed by atoms with Gasteiger partial charge in [-0.15, -0.1) is 0 Å². The maximum atomic E-state index is 10.2. The van der Waals surface area contributed by atoms with E-state index in [9.17, 15) is 13.2 Å². The summed E-state index contributed by atoms with van der Waals surface area (Å²) in [5, 5.41) is 7.98. The molecule has 0 aromatic heterocycles. The molecule has 0 spiro atoms. The fourth-order valence-corrected chi connectivity index (χ4v) is 0.728. The Morgan fingerprint density at radius 1 is 1.56 bits per heavy atom. The van der Waals surface area contributed by atoms with Gasteiger partial charge in [0.15, 0.2) is 9.84 Å². The van der Waals surface area contributed by atoms with Gasteiger partial charge in [0.1, 0.15) is 0 Å². The minimum atomic E-state index is -3.35. The number of carboxylic acids is 1. The summed E-state index contributed by atoms with van der Waals surface area (Å²) in [6.07, 6.45) is 2.38. The van der Waals surface area contributed by atoms with E-state index in [1.807, 2.05) is 0 Å². The van der Waals surface area contributed by atoms with Crippen molar-refractivity contribution >= 4 is 15.8 Å². The van der Waals surface area contributed by atoms with Gasteiger partial charge >= 0.3 is 5.97 Å². The van der Waals surface area contributed by atoms with Crippen molar-refractivity contribution in [3.63, 3.8) is 0 Å². The number of rotatable bonds is 3. The van der Waals surface area contributed by atoms with Crippen LogP contribution in [0.1, 0.15) is 6.42 Å². The first kappa shape index (κ1) is 8.42. The van der Waals surface area contributed by atoms with Crippen LogP contribution in [-0.4, -0.2) is 25.2 Å². The van der Waals surface area contributed by atoms with Gasteiger partial charge in [0.2, 0.25) is 0 Å². The summed E-state index contributed by atoms with van der Waals surface area (Å²) in [5.74, 6) is -1.51. The summed E-state index contributed by atoms with van der Waals surface area (Å²) in [6, 6.07) is 0. The highest BCUT2D eigenvalue weighted by molar-refractivity contribution is 7.92. The average Bonchev–Trinajstić information content (AvgIpc) is 1.59. The molecule has 0 heterocycles. The van der Waals surface area contributed by atoms with Gasteiger partial charge in [-0.1, -0.05) is 0 Å². The Hall–Kier alpha value is -0.580. The first-order chi connectivity index (χ1) is 3.92. The first-order valence-corrected chi connectivity index (χ1v) is 4.01. The fraction of sp³-hybridized carbons (Fsp3) is 0.500. The SMILES string of the molecule is [CH2]S(=O)(=O)CCC(=O)O. The third-order valence-corrected chi connectivity index (χ3v) is 1.45. The van der Waals surface area contributed by atoms with Gasteiger partial charge in [0, 0.05) is 0 Å². The van der Waals surface area contributed by atoms with E-state index in [4.69, 9.17) is 5.11 Å². The van der Waals surface area contributed by atoms with E-state index >= 15 is 0 Å². The van der Waals surface area contributed by atoms with Crippen LogP contribution in [0.2, 0.25) is 0 Å². The van der Waals surface area contributed by atoms with E-state index in [1.54, 1.807) is 0 Å². The van der Waals surface area contributed by atoms with E-state index < -0.39 is 15.8 Å². The molecule has 0 rings (SSSR count). The minimum absolute atomic E-state index is 0.369. The third kappa shape index (κ3) is 7.42. The molecule has 0 amide bonds. The second-order valence-corrected chi connectivity index (χ2v) is 3.49. The maximum absolute atomic E-state index is 10.2. The Bertz CT molecular complexity index is 191. The van der Waals surface area contributed by atoms with E-state index in [-0.39, 0.29) is 12.2 Å². The largest absolute Gasteiger partial charge is 0.481 e. The molecule has 0 saturated heterocycles.